The maximum Gasteiger partial charge on any atom is 0.0624 e. The zero-order valence-corrected chi connectivity index (χ0v) is 10.8. The van der Waals surface area contributed by atoms with Gasteiger partial charge < -0.3 is 19.5 Å². The SMILES string of the molecule is CN(CC1CCOCC1)CC1COCCC1O. The van der Waals surface area contributed by atoms with Gasteiger partial charge in [-0.3, -0.25) is 0 Å². The second-order valence-corrected chi connectivity index (χ2v) is 5.47. The summed E-state index contributed by atoms with van der Waals surface area (Å²) in [6.07, 6.45) is 2.96. The van der Waals surface area contributed by atoms with Crippen LogP contribution in [0.15, 0.2) is 0 Å². The van der Waals surface area contributed by atoms with Crippen molar-refractivity contribution in [3.63, 3.8) is 0 Å². The van der Waals surface area contributed by atoms with Crippen LogP contribution in [0.4, 0.5) is 0 Å². The lowest BCUT2D eigenvalue weighted by Gasteiger charge is -2.33. The maximum atomic E-state index is 9.90. The molecule has 0 aromatic carbocycles. The molecule has 2 atom stereocenters. The molecule has 0 bridgehead atoms. The molecule has 2 saturated heterocycles. The Balaban J connectivity index is 1.70. The zero-order valence-electron chi connectivity index (χ0n) is 10.8. The molecule has 1 N–H and O–H groups in total. The summed E-state index contributed by atoms with van der Waals surface area (Å²) in [6.45, 7) is 5.30. The molecule has 0 aliphatic carbocycles. The largest absolute Gasteiger partial charge is 0.393 e. The van der Waals surface area contributed by atoms with Crippen molar-refractivity contribution in [3.05, 3.63) is 0 Å². The zero-order chi connectivity index (χ0) is 12.1. The number of aliphatic hydroxyl groups excluding tert-OH is 1. The Labute approximate surface area is 104 Å². The van der Waals surface area contributed by atoms with E-state index >= 15 is 0 Å². The molecule has 17 heavy (non-hydrogen) atoms. The molecule has 2 fully saturated rings. The molecule has 2 rings (SSSR count). The molecule has 4 nitrogen and oxygen atoms in total. The number of nitrogens with zero attached hydrogens (tertiary/aromatic N) is 1. The fraction of sp³-hybridized carbons (Fsp3) is 1.00. The summed E-state index contributed by atoms with van der Waals surface area (Å²) in [5, 5.41) is 9.90. The van der Waals surface area contributed by atoms with Gasteiger partial charge in [0.1, 0.15) is 0 Å². The predicted octanol–water partition coefficient (Wildman–Crippen LogP) is 0.742. The predicted molar refractivity (Wildman–Crippen MR) is 66.0 cm³/mol. The minimum absolute atomic E-state index is 0.180. The molecular formula is C13H25NO3. The van der Waals surface area contributed by atoms with Gasteiger partial charge in [0.25, 0.3) is 0 Å². The van der Waals surface area contributed by atoms with E-state index in [4.69, 9.17) is 9.47 Å². The van der Waals surface area contributed by atoms with Gasteiger partial charge in [-0.05, 0) is 32.2 Å². The van der Waals surface area contributed by atoms with Gasteiger partial charge in [0.2, 0.25) is 0 Å². The van der Waals surface area contributed by atoms with Crippen molar-refractivity contribution in [2.45, 2.75) is 25.4 Å². The standard InChI is InChI=1S/C13H25NO3/c1-14(8-11-2-5-16-6-3-11)9-12-10-17-7-4-13(12)15/h11-13,15H,2-10H2,1H3. The Morgan fingerprint density at radius 1 is 1.06 bits per heavy atom. The molecule has 2 aliphatic heterocycles. The first-order chi connectivity index (χ1) is 8.25. The third kappa shape index (κ3) is 4.21. The highest BCUT2D eigenvalue weighted by Gasteiger charge is 2.25. The lowest BCUT2D eigenvalue weighted by molar-refractivity contribution is -0.0468. The van der Waals surface area contributed by atoms with Crippen LogP contribution in [0.1, 0.15) is 19.3 Å². The van der Waals surface area contributed by atoms with E-state index in [-0.39, 0.29) is 12.0 Å². The highest BCUT2D eigenvalue weighted by atomic mass is 16.5. The van der Waals surface area contributed by atoms with Crippen LogP contribution in [0, 0.1) is 11.8 Å². The Bertz CT molecular complexity index is 219. The van der Waals surface area contributed by atoms with Gasteiger partial charge in [-0.2, -0.15) is 0 Å². The second-order valence-electron chi connectivity index (χ2n) is 5.47. The highest BCUT2D eigenvalue weighted by Crippen LogP contribution is 2.19. The van der Waals surface area contributed by atoms with Crippen LogP contribution in [0.2, 0.25) is 0 Å². The van der Waals surface area contributed by atoms with E-state index in [2.05, 4.69) is 11.9 Å². The first-order valence-corrected chi connectivity index (χ1v) is 6.78. The molecule has 0 aromatic rings. The summed E-state index contributed by atoms with van der Waals surface area (Å²) in [4.78, 5) is 2.35. The normalized spacial score (nSPS) is 31.9. The molecular weight excluding hydrogens is 218 g/mol. The van der Waals surface area contributed by atoms with Gasteiger partial charge in [-0.1, -0.05) is 0 Å². The van der Waals surface area contributed by atoms with Crippen LogP contribution in [0.5, 0.6) is 0 Å². The van der Waals surface area contributed by atoms with E-state index in [9.17, 15) is 5.11 Å². The summed E-state index contributed by atoms with van der Waals surface area (Å²) >= 11 is 0. The van der Waals surface area contributed by atoms with Crippen molar-refractivity contribution in [1.82, 2.24) is 4.90 Å². The van der Waals surface area contributed by atoms with Gasteiger partial charge in [-0.25, -0.2) is 0 Å². The molecule has 2 aliphatic rings. The third-order valence-electron chi connectivity index (χ3n) is 3.89. The molecule has 0 amide bonds. The minimum Gasteiger partial charge on any atom is -0.393 e. The van der Waals surface area contributed by atoms with Crippen LogP contribution in [-0.2, 0) is 9.47 Å². The first kappa shape index (κ1) is 13.3. The molecule has 0 saturated carbocycles. The molecule has 2 heterocycles. The summed E-state index contributed by atoms with van der Waals surface area (Å²) < 4.78 is 10.8. The fourth-order valence-electron chi connectivity index (χ4n) is 2.80. The Morgan fingerprint density at radius 3 is 2.47 bits per heavy atom. The number of rotatable bonds is 4. The van der Waals surface area contributed by atoms with Crippen LogP contribution < -0.4 is 0 Å². The number of aliphatic hydroxyl groups is 1. The highest BCUT2D eigenvalue weighted by molar-refractivity contribution is 4.76. The van der Waals surface area contributed by atoms with E-state index in [1.165, 1.54) is 12.8 Å². The van der Waals surface area contributed by atoms with Gasteiger partial charge in [0.15, 0.2) is 0 Å². The van der Waals surface area contributed by atoms with E-state index in [1.807, 2.05) is 0 Å². The topological polar surface area (TPSA) is 41.9 Å². The van der Waals surface area contributed by atoms with Gasteiger partial charge in [0.05, 0.1) is 12.7 Å². The van der Waals surface area contributed by atoms with E-state index in [0.717, 1.165) is 38.6 Å². The Kier molecular flexibility index (Phi) is 5.22. The van der Waals surface area contributed by atoms with Crippen LogP contribution in [-0.4, -0.2) is 62.7 Å². The average molecular weight is 243 g/mol. The van der Waals surface area contributed by atoms with Crippen LogP contribution in [0.25, 0.3) is 0 Å². The van der Waals surface area contributed by atoms with Gasteiger partial charge >= 0.3 is 0 Å². The first-order valence-electron chi connectivity index (χ1n) is 6.78. The molecule has 0 aromatic heterocycles. The van der Waals surface area contributed by atoms with Crippen molar-refractivity contribution in [3.8, 4) is 0 Å². The summed E-state index contributed by atoms with van der Waals surface area (Å²) in [5.41, 5.74) is 0. The summed E-state index contributed by atoms with van der Waals surface area (Å²) in [6, 6.07) is 0. The van der Waals surface area contributed by atoms with E-state index in [0.29, 0.717) is 13.2 Å². The third-order valence-corrected chi connectivity index (χ3v) is 3.89. The van der Waals surface area contributed by atoms with Crippen molar-refractivity contribution in [2.75, 3.05) is 46.6 Å². The molecule has 0 radical (unpaired) electrons. The summed E-state index contributed by atoms with van der Waals surface area (Å²) in [7, 11) is 2.15. The van der Waals surface area contributed by atoms with Crippen LogP contribution >= 0.6 is 0 Å². The van der Waals surface area contributed by atoms with Gasteiger partial charge in [0, 0.05) is 38.8 Å². The maximum absolute atomic E-state index is 9.90. The number of hydrogen-bond donors (Lipinski definition) is 1. The van der Waals surface area contributed by atoms with Crippen molar-refractivity contribution < 1.29 is 14.6 Å². The van der Waals surface area contributed by atoms with E-state index in [1.54, 1.807) is 0 Å². The molecule has 100 valence electrons. The second kappa shape index (κ2) is 6.69. The summed E-state index contributed by atoms with van der Waals surface area (Å²) in [5.74, 6) is 1.05. The molecule has 0 spiro atoms. The van der Waals surface area contributed by atoms with Crippen LogP contribution in [0.3, 0.4) is 0 Å². The fourth-order valence-corrected chi connectivity index (χ4v) is 2.80. The van der Waals surface area contributed by atoms with Crippen molar-refractivity contribution in [2.24, 2.45) is 11.8 Å². The molecule has 2 unspecified atom stereocenters. The Hall–Kier alpha value is -0.160. The number of ether oxygens (including phenoxy) is 2. The lowest BCUT2D eigenvalue weighted by Crippen LogP contribution is -2.41. The Morgan fingerprint density at radius 2 is 1.76 bits per heavy atom. The molecule has 4 heteroatoms. The quantitative estimate of drug-likeness (QED) is 0.791. The van der Waals surface area contributed by atoms with Crippen molar-refractivity contribution >= 4 is 0 Å². The van der Waals surface area contributed by atoms with Gasteiger partial charge in [-0.15, -0.1) is 0 Å². The van der Waals surface area contributed by atoms with Crippen molar-refractivity contribution in [1.29, 1.82) is 0 Å². The van der Waals surface area contributed by atoms with E-state index < -0.39 is 0 Å². The average Bonchev–Trinajstić information content (AvgIpc) is 2.33. The smallest absolute Gasteiger partial charge is 0.0624 e. The monoisotopic (exact) mass is 243 g/mol. The minimum atomic E-state index is -0.180. The lowest BCUT2D eigenvalue weighted by atomic mass is 9.96. The number of hydrogen-bond acceptors (Lipinski definition) is 4.